The number of amides is 1. The molecule has 5 fully saturated rings. The lowest BCUT2D eigenvalue weighted by Gasteiger charge is -2.66. The van der Waals surface area contributed by atoms with E-state index in [1.165, 1.54) is 36.8 Å². The maximum atomic E-state index is 12.9. The van der Waals surface area contributed by atoms with Gasteiger partial charge in [0, 0.05) is 49.4 Å². The molecule has 5 nitrogen and oxygen atoms in total. The monoisotopic (exact) mass is 473 g/mol. The zero-order valence-corrected chi connectivity index (χ0v) is 21.4. The highest BCUT2D eigenvalue weighted by molar-refractivity contribution is 5.94. The number of nitrogens with zero attached hydrogens (tertiary/aromatic N) is 3. The molecule has 0 aromatic heterocycles. The molecule has 5 saturated heterocycles. The lowest BCUT2D eigenvalue weighted by Crippen LogP contribution is -2.75. The molecule has 0 radical (unpaired) electrons. The van der Waals surface area contributed by atoms with Crippen molar-refractivity contribution < 1.29 is 9.53 Å². The van der Waals surface area contributed by atoms with Crippen LogP contribution in [0.15, 0.2) is 61.2 Å². The van der Waals surface area contributed by atoms with E-state index in [9.17, 15) is 4.79 Å². The summed E-state index contributed by atoms with van der Waals surface area (Å²) >= 11 is 0. The summed E-state index contributed by atoms with van der Waals surface area (Å²) in [6.45, 7) is 10.5. The molecular formula is C30H39N3O2. The number of carbonyl (C=O) groups excluding carboxylic acids is 1. The van der Waals surface area contributed by atoms with Crippen LogP contribution in [0.4, 0.5) is 0 Å². The zero-order valence-electron chi connectivity index (χ0n) is 21.4. The lowest BCUT2D eigenvalue weighted by atomic mass is 9.69. The van der Waals surface area contributed by atoms with Crippen molar-refractivity contribution in [1.82, 2.24) is 14.7 Å². The summed E-state index contributed by atoms with van der Waals surface area (Å²) in [6, 6.07) is 19.3. The maximum absolute atomic E-state index is 12.9. The number of piperidine rings is 4. The van der Waals surface area contributed by atoms with Crippen molar-refractivity contribution in [1.29, 1.82) is 0 Å². The lowest BCUT2D eigenvalue weighted by molar-refractivity contribution is -0.151. The summed E-state index contributed by atoms with van der Waals surface area (Å²) in [5.74, 6) is 0.997. The Morgan fingerprint density at radius 2 is 1.63 bits per heavy atom. The molecule has 0 spiro atoms. The van der Waals surface area contributed by atoms with E-state index in [0.29, 0.717) is 24.2 Å². The third kappa shape index (κ3) is 4.19. The third-order valence-corrected chi connectivity index (χ3v) is 8.59. The van der Waals surface area contributed by atoms with Crippen LogP contribution in [-0.2, 0) is 0 Å². The predicted octanol–water partition coefficient (Wildman–Crippen LogP) is 5.13. The van der Waals surface area contributed by atoms with Crippen LogP contribution in [-0.4, -0.2) is 71.5 Å². The van der Waals surface area contributed by atoms with Gasteiger partial charge in [-0.2, -0.15) is 0 Å². The first-order valence-electron chi connectivity index (χ1n) is 13.3. The molecule has 0 saturated carbocycles. The van der Waals surface area contributed by atoms with E-state index in [2.05, 4.69) is 52.8 Å². The van der Waals surface area contributed by atoms with Crippen LogP contribution >= 0.6 is 0 Å². The molecular weight excluding hydrogens is 434 g/mol. The van der Waals surface area contributed by atoms with Crippen LogP contribution in [0.25, 0.3) is 0 Å². The first-order valence-corrected chi connectivity index (χ1v) is 13.3. The summed E-state index contributed by atoms with van der Waals surface area (Å²) in [5.41, 5.74) is 3.28. The number of carbonyl (C=O) groups is 1. The molecule has 5 aliphatic heterocycles. The molecule has 0 N–H and O–H groups in total. The number of ether oxygens (including phenoxy) is 1. The van der Waals surface area contributed by atoms with Crippen LogP contribution in [0.5, 0.6) is 5.75 Å². The molecule has 5 unspecified atom stereocenters. The average Bonchev–Trinajstić information content (AvgIpc) is 2.90. The summed E-state index contributed by atoms with van der Waals surface area (Å²) in [5, 5.41) is 0. The van der Waals surface area contributed by atoms with Crippen molar-refractivity contribution in [3.63, 3.8) is 0 Å². The number of rotatable bonds is 9. The molecule has 2 aromatic rings. The minimum absolute atomic E-state index is 0.107. The SMILES string of the molecule is C=CCN1C2CCC3C1CCC2N3C(c1ccc(C(=O)N(CC)CC)cc1)c1cccc(OC)c1. The summed E-state index contributed by atoms with van der Waals surface area (Å²) in [7, 11) is 1.74. The van der Waals surface area contributed by atoms with Crippen LogP contribution in [0, 0.1) is 0 Å². The Labute approximate surface area is 210 Å². The fourth-order valence-electron chi connectivity index (χ4n) is 7.07. The molecule has 5 aliphatic rings. The molecule has 0 aliphatic carbocycles. The van der Waals surface area contributed by atoms with Gasteiger partial charge < -0.3 is 9.64 Å². The molecule has 1 amide bonds. The Balaban J connectivity index is 1.53. The maximum Gasteiger partial charge on any atom is 0.253 e. The summed E-state index contributed by atoms with van der Waals surface area (Å²) in [4.78, 5) is 20.4. The summed E-state index contributed by atoms with van der Waals surface area (Å²) in [6.07, 6.45) is 7.12. The van der Waals surface area contributed by atoms with Gasteiger partial charge in [0.1, 0.15) is 5.75 Å². The smallest absolute Gasteiger partial charge is 0.253 e. The predicted molar refractivity (Wildman–Crippen MR) is 141 cm³/mol. The normalized spacial score (nSPS) is 26.5. The number of hydrogen-bond acceptors (Lipinski definition) is 4. The highest BCUT2D eigenvalue weighted by Crippen LogP contribution is 2.50. The second-order valence-electron chi connectivity index (χ2n) is 10.1. The van der Waals surface area contributed by atoms with Gasteiger partial charge in [0.2, 0.25) is 0 Å². The Morgan fingerprint density at radius 3 is 2.20 bits per heavy atom. The van der Waals surface area contributed by atoms with Crippen LogP contribution < -0.4 is 4.74 Å². The Bertz CT molecular complexity index is 1030. The van der Waals surface area contributed by atoms with Gasteiger partial charge in [-0.1, -0.05) is 30.3 Å². The standard InChI is InChI=1S/C30H39N3O2/c1-5-19-32-25-15-17-27-26(32)16-18-28(25)33(27)29(23-9-8-10-24(20-23)35-4)21-11-13-22(14-12-21)30(34)31(6-2)7-3/h5,8-14,20,25-29H,1,6-7,15-19H2,2-4H3. The molecule has 5 atom stereocenters. The zero-order chi connectivity index (χ0) is 24.5. The first kappa shape index (κ1) is 24.1. The van der Waals surface area contributed by atoms with Gasteiger partial charge in [-0.25, -0.2) is 0 Å². The largest absolute Gasteiger partial charge is 0.497 e. The number of hydrogen-bond donors (Lipinski definition) is 0. The van der Waals surface area contributed by atoms with Crippen molar-refractivity contribution in [2.45, 2.75) is 69.7 Å². The number of piperazine rings is 1. The summed E-state index contributed by atoms with van der Waals surface area (Å²) < 4.78 is 5.61. The van der Waals surface area contributed by atoms with E-state index in [4.69, 9.17) is 4.74 Å². The van der Waals surface area contributed by atoms with Gasteiger partial charge in [0.15, 0.2) is 0 Å². The highest BCUT2D eigenvalue weighted by atomic mass is 16.5. The number of benzene rings is 2. The van der Waals surface area contributed by atoms with Gasteiger partial charge in [-0.15, -0.1) is 6.58 Å². The number of fused-ring (bicyclic) bond motifs is 2. The van der Waals surface area contributed by atoms with Crippen molar-refractivity contribution >= 4 is 5.91 Å². The van der Waals surface area contributed by atoms with Gasteiger partial charge in [0.25, 0.3) is 5.91 Å². The third-order valence-electron chi connectivity index (χ3n) is 8.59. The topological polar surface area (TPSA) is 36.0 Å². The molecule has 5 heteroatoms. The van der Waals surface area contributed by atoms with E-state index in [1.54, 1.807) is 7.11 Å². The van der Waals surface area contributed by atoms with Crippen LogP contribution in [0.1, 0.15) is 67.1 Å². The molecule has 2 aromatic carbocycles. The highest BCUT2D eigenvalue weighted by Gasteiger charge is 2.56. The van der Waals surface area contributed by atoms with Crippen molar-refractivity contribution in [3.05, 3.63) is 77.9 Å². The van der Waals surface area contributed by atoms with Crippen molar-refractivity contribution in [2.75, 3.05) is 26.7 Å². The van der Waals surface area contributed by atoms with E-state index in [1.807, 2.05) is 36.9 Å². The van der Waals surface area contributed by atoms with Gasteiger partial charge in [0.05, 0.1) is 13.2 Å². The Morgan fingerprint density at radius 1 is 1.00 bits per heavy atom. The Kier molecular flexibility index (Phi) is 6.99. The fraction of sp³-hybridized carbons (Fsp3) is 0.500. The first-order chi connectivity index (χ1) is 17.1. The molecule has 186 valence electrons. The van der Waals surface area contributed by atoms with E-state index in [-0.39, 0.29) is 11.9 Å². The molecule has 5 heterocycles. The van der Waals surface area contributed by atoms with Crippen LogP contribution in [0.3, 0.4) is 0 Å². The average molecular weight is 474 g/mol. The van der Waals surface area contributed by atoms with Gasteiger partial charge >= 0.3 is 0 Å². The molecule has 4 bridgehead atoms. The number of methoxy groups -OCH3 is 1. The second-order valence-corrected chi connectivity index (χ2v) is 10.1. The van der Waals surface area contributed by atoms with Crippen molar-refractivity contribution in [3.8, 4) is 5.75 Å². The molecule has 35 heavy (non-hydrogen) atoms. The Hall–Kier alpha value is -2.63. The van der Waals surface area contributed by atoms with E-state index in [0.717, 1.165) is 30.9 Å². The molecule has 7 rings (SSSR count). The van der Waals surface area contributed by atoms with E-state index >= 15 is 0 Å². The minimum atomic E-state index is 0.107. The van der Waals surface area contributed by atoms with Crippen LogP contribution in [0.2, 0.25) is 0 Å². The fourth-order valence-corrected chi connectivity index (χ4v) is 7.07. The van der Waals surface area contributed by atoms with Gasteiger partial charge in [-0.05, 0) is 74.9 Å². The second kappa shape index (κ2) is 10.2. The quantitative estimate of drug-likeness (QED) is 0.473. The van der Waals surface area contributed by atoms with Gasteiger partial charge in [-0.3, -0.25) is 14.6 Å². The van der Waals surface area contributed by atoms with Crippen molar-refractivity contribution in [2.24, 2.45) is 0 Å². The minimum Gasteiger partial charge on any atom is -0.497 e. The van der Waals surface area contributed by atoms with E-state index < -0.39 is 0 Å².